The summed E-state index contributed by atoms with van der Waals surface area (Å²) in [7, 11) is 0. The van der Waals surface area contributed by atoms with Crippen molar-refractivity contribution in [3.05, 3.63) is 11.4 Å². The molecule has 1 aliphatic rings. The maximum Gasteiger partial charge on any atom is 0.140 e. The summed E-state index contributed by atoms with van der Waals surface area (Å²) in [6.07, 6.45) is 5.40. The molecule has 0 spiro atoms. The van der Waals surface area contributed by atoms with Gasteiger partial charge in [0.05, 0.1) is 23.2 Å². The van der Waals surface area contributed by atoms with Gasteiger partial charge in [-0.2, -0.15) is 5.10 Å². The fourth-order valence-electron chi connectivity index (χ4n) is 2.07. The lowest BCUT2D eigenvalue weighted by molar-refractivity contribution is 0.00443. The van der Waals surface area contributed by atoms with E-state index in [9.17, 15) is 0 Å². The number of ether oxygens (including phenoxy) is 1. The number of nitrogen functional groups attached to an aromatic ring is 1. The Morgan fingerprint density at radius 2 is 2.07 bits per heavy atom. The maximum absolute atomic E-state index is 5.85. The van der Waals surface area contributed by atoms with E-state index in [1.807, 2.05) is 18.5 Å². The number of aromatic nitrogens is 2. The normalized spacial score (nSPS) is 17.5. The van der Waals surface area contributed by atoms with Gasteiger partial charge in [-0.25, -0.2) is 4.68 Å². The van der Waals surface area contributed by atoms with Gasteiger partial charge in [0.1, 0.15) is 6.73 Å². The van der Waals surface area contributed by atoms with Gasteiger partial charge in [0.2, 0.25) is 0 Å². The number of nitrogens with two attached hydrogens (primary N) is 1. The molecule has 4 nitrogen and oxygen atoms in total. The van der Waals surface area contributed by atoms with E-state index < -0.39 is 0 Å². The lowest BCUT2D eigenvalue weighted by Crippen LogP contribution is -2.13. The maximum atomic E-state index is 5.85. The van der Waals surface area contributed by atoms with E-state index >= 15 is 0 Å². The lowest BCUT2D eigenvalue weighted by atomic mass is 10.3. The predicted molar refractivity (Wildman–Crippen MR) is 59.5 cm³/mol. The largest absolute Gasteiger partial charge is 0.396 e. The van der Waals surface area contributed by atoms with Gasteiger partial charge in [-0.05, 0) is 26.7 Å². The average Bonchev–Trinajstić information content (AvgIpc) is 2.80. The van der Waals surface area contributed by atoms with E-state index in [1.54, 1.807) is 0 Å². The topological polar surface area (TPSA) is 53.1 Å². The molecule has 4 heteroatoms. The SMILES string of the molecule is Cc1nn(COC2CCCC2)c(C)c1N. The molecule has 1 heterocycles. The molecule has 1 saturated carbocycles. The van der Waals surface area contributed by atoms with E-state index in [2.05, 4.69) is 5.10 Å². The van der Waals surface area contributed by atoms with Crippen molar-refractivity contribution in [1.82, 2.24) is 9.78 Å². The molecule has 0 radical (unpaired) electrons. The molecule has 1 aliphatic carbocycles. The first-order valence-electron chi connectivity index (χ1n) is 5.59. The van der Waals surface area contributed by atoms with Crippen molar-refractivity contribution in [2.75, 3.05) is 5.73 Å². The number of aryl methyl sites for hydroxylation is 1. The summed E-state index contributed by atoms with van der Waals surface area (Å²) in [5.74, 6) is 0. The van der Waals surface area contributed by atoms with Crippen LogP contribution in [0.15, 0.2) is 0 Å². The number of hydrogen-bond donors (Lipinski definition) is 1. The van der Waals surface area contributed by atoms with Gasteiger partial charge in [0.15, 0.2) is 0 Å². The number of anilines is 1. The second-order valence-corrected chi connectivity index (χ2v) is 4.29. The standard InChI is InChI=1S/C11H19N3O/c1-8-11(12)9(2)14(13-8)7-15-10-5-3-4-6-10/h10H,3-7,12H2,1-2H3. The minimum atomic E-state index is 0.426. The van der Waals surface area contributed by atoms with Gasteiger partial charge in [-0.15, -0.1) is 0 Å². The predicted octanol–water partition coefficient (Wildman–Crippen LogP) is 2.00. The Labute approximate surface area is 90.4 Å². The highest BCUT2D eigenvalue weighted by Crippen LogP contribution is 2.22. The van der Waals surface area contributed by atoms with Crippen molar-refractivity contribution in [3.8, 4) is 0 Å². The second-order valence-electron chi connectivity index (χ2n) is 4.29. The molecule has 0 bridgehead atoms. The van der Waals surface area contributed by atoms with Crippen molar-refractivity contribution in [3.63, 3.8) is 0 Å². The highest BCUT2D eigenvalue weighted by Gasteiger charge is 2.16. The molecule has 15 heavy (non-hydrogen) atoms. The van der Waals surface area contributed by atoms with E-state index in [-0.39, 0.29) is 0 Å². The summed E-state index contributed by atoms with van der Waals surface area (Å²) in [5.41, 5.74) is 8.53. The van der Waals surface area contributed by atoms with Crippen LogP contribution < -0.4 is 5.73 Å². The highest BCUT2D eigenvalue weighted by molar-refractivity contribution is 5.46. The first kappa shape index (κ1) is 10.5. The van der Waals surface area contributed by atoms with Crippen molar-refractivity contribution < 1.29 is 4.74 Å². The molecule has 1 aromatic rings. The Hall–Kier alpha value is -1.03. The van der Waals surface area contributed by atoms with E-state index in [0.29, 0.717) is 12.8 Å². The molecule has 2 rings (SSSR count). The quantitative estimate of drug-likeness (QED) is 0.828. The minimum Gasteiger partial charge on any atom is -0.396 e. The smallest absolute Gasteiger partial charge is 0.140 e. The Morgan fingerprint density at radius 3 is 2.60 bits per heavy atom. The van der Waals surface area contributed by atoms with Crippen molar-refractivity contribution in [2.45, 2.75) is 52.4 Å². The van der Waals surface area contributed by atoms with E-state index in [1.165, 1.54) is 25.7 Å². The minimum absolute atomic E-state index is 0.426. The molecular formula is C11H19N3O. The van der Waals surface area contributed by atoms with Crippen LogP contribution in [0, 0.1) is 13.8 Å². The molecule has 1 aromatic heterocycles. The van der Waals surface area contributed by atoms with Gasteiger partial charge in [-0.3, -0.25) is 0 Å². The van der Waals surface area contributed by atoms with E-state index in [0.717, 1.165) is 17.1 Å². The molecule has 2 N–H and O–H groups in total. The summed E-state index contributed by atoms with van der Waals surface area (Å²) in [4.78, 5) is 0. The van der Waals surface area contributed by atoms with Crippen LogP contribution in [0.4, 0.5) is 5.69 Å². The zero-order valence-electron chi connectivity index (χ0n) is 9.49. The average molecular weight is 209 g/mol. The Bertz CT molecular complexity index is 340. The van der Waals surface area contributed by atoms with Gasteiger partial charge >= 0.3 is 0 Å². The van der Waals surface area contributed by atoms with Crippen molar-refractivity contribution >= 4 is 5.69 Å². The first-order chi connectivity index (χ1) is 7.18. The molecule has 0 saturated heterocycles. The Kier molecular flexibility index (Phi) is 2.95. The van der Waals surface area contributed by atoms with Crippen molar-refractivity contribution in [2.24, 2.45) is 0 Å². The van der Waals surface area contributed by atoms with Gasteiger partial charge in [0.25, 0.3) is 0 Å². The van der Waals surface area contributed by atoms with Gasteiger partial charge in [0, 0.05) is 0 Å². The van der Waals surface area contributed by atoms with Crippen LogP contribution in [0.5, 0.6) is 0 Å². The summed E-state index contributed by atoms with van der Waals surface area (Å²) in [5, 5.41) is 4.34. The molecule has 0 aromatic carbocycles. The van der Waals surface area contributed by atoms with Crippen LogP contribution in [-0.2, 0) is 11.5 Å². The molecule has 0 atom stereocenters. The van der Waals surface area contributed by atoms with Crippen LogP contribution in [0.25, 0.3) is 0 Å². The fraction of sp³-hybridized carbons (Fsp3) is 0.727. The lowest BCUT2D eigenvalue weighted by Gasteiger charge is -2.11. The second kappa shape index (κ2) is 4.23. The Balaban J connectivity index is 1.95. The molecular weight excluding hydrogens is 190 g/mol. The van der Waals surface area contributed by atoms with Crippen LogP contribution >= 0.6 is 0 Å². The molecule has 0 amide bonds. The molecule has 84 valence electrons. The zero-order chi connectivity index (χ0) is 10.8. The van der Waals surface area contributed by atoms with Gasteiger partial charge < -0.3 is 10.5 Å². The fourth-order valence-corrected chi connectivity index (χ4v) is 2.07. The summed E-state index contributed by atoms with van der Waals surface area (Å²) in [6, 6.07) is 0. The van der Waals surface area contributed by atoms with Crippen LogP contribution in [0.2, 0.25) is 0 Å². The van der Waals surface area contributed by atoms with Crippen LogP contribution in [0.1, 0.15) is 37.1 Å². The molecule has 1 fully saturated rings. The van der Waals surface area contributed by atoms with Crippen LogP contribution in [-0.4, -0.2) is 15.9 Å². The third kappa shape index (κ3) is 2.15. The van der Waals surface area contributed by atoms with Gasteiger partial charge in [-0.1, -0.05) is 12.8 Å². The van der Waals surface area contributed by atoms with Crippen molar-refractivity contribution in [1.29, 1.82) is 0 Å². The van der Waals surface area contributed by atoms with Crippen LogP contribution in [0.3, 0.4) is 0 Å². The number of nitrogens with zero attached hydrogens (tertiary/aromatic N) is 2. The third-order valence-electron chi connectivity index (χ3n) is 3.17. The highest BCUT2D eigenvalue weighted by atomic mass is 16.5. The third-order valence-corrected chi connectivity index (χ3v) is 3.17. The summed E-state index contributed by atoms with van der Waals surface area (Å²) < 4.78 is 7.63. The number of rotatable bonds is 3. The Morgan fingerprint density at radius 1 is 1.40 bits per heavy atom. The van der Waals surface area contributed by atoms with E-state index in [4.69, 9.17) is 10.5 Å². The monoisotopic (exact) mass is 209 g/mol. The zero-order valence-corrected chi connectivity index (χ0v) is 9.49. The molecule has 0 unspecified atom stereocenters. The summed E-state index contributed by atoms with van der Waals surface area (Å²) >= 11 is 0. The molecule has 0 aliphatic heterocycles. The summed E-state index contributed by atoms with van der Waals surface area (Å²) in [6.45, 7) is 4.44. The first-order valence-corrected chi connectivity index (χ1v) is 5.59. The number of hydrogen-bond acceptors (Lipinski definition) is 3.